The van der Waals surface area contributed by atoms with E-state index < -0.39 is 0 Å². The Hall–Kier alpha value is -1.39. The molecule has 1 aromatic carbocycles. The van der Waals surface area contributed by atoms with Gasteiger partial charge in [-0.05, 0) is 50.4 Å². The molecular formula is C18H25N3O. The number of benzene rings is 1. The number of imidazole rings is 1. The maximum atomic E-state index is 5.50. The van der Waals surface area contributed by atoms with Gasteiger partial charge in [0.25, 0.3) is 0 Å². The van der Waals surface area contributed by atoms with Crippen molar-refractivity contribution in [2.45, 2.75) is 25.2 Å². The van der Waals surface area contributed by atoms with Crippen molar-refractivity contribution in [3.8, 4) is 0 Å². The molecule has 1 aromatic heterocycles. The van der Waals surface area contributed by atoms with E-state index in [0.717, 1.165) is 24.6 Å². The number of piperidine rings is 1. The lowest BCUT2D eigenvalue weighted by molar-refractivity contribution is 0.151. The van der Waals surface area contributed by atoms with Crippen LogP contribution in [0.3, 0.4) is 0 Å². The highest BCUT2D eigenvalue weighted by Crippen LogP contribution is 2.30. The summed E-state index contributed by atoms with van der Waals surface area (Å²) in [5, 5.41) is 0. The molecule has 0 N–H and O–H groups in total. The van der Waals surface area contributed by atoms with E-state index in [4.69, 9.17) is 9.72 Å². The smallest absolute Gasteiger partial charge is 0.112 e. The molecule has 2 fully saturated rings. The van der Waals surface area contributed by atoms with E-state index in [1.807, 2.05) is 0 Å². The average molecular weight is 299 g/mol. The zero-order valence-electron chi connectivity index (χ0n) is 13.4. The summed E-state index contributed by atoms with van der Waals surface area (Å²) in [4.78, 5) is 7.51. The van der Waals surface area contributed by atoms with Crippen LogP contribution in [-0.2, 0) is 11.8 Å². The van der Waals surface area contributed by atoms with Crippen molar-refractivity contribution in [2.75, 3.05) is 32.8 Å². The van der Waals surface area contributed by atoms with Crippen molar-refractivity contribution >= 4 is 11.0 Å². The molecule has 0 saturated carbocycles. The quantitative estimate of drug-likeness (QED) is 0.873. The van der Waals surface area contributed by atoms with Crippen LogP contribution in [0.5, 0.6) is 0 Å². The maximum Gasteiger partial charge on any atom is 0.112 e. The third-order valence-corrected chi connectivity index (χ3v) is 5.31. The second kappa shape index (κ2) is 6.01. The molecule has 4 nitrogen and oxygen atoms in total. The third-order valence-electron chi connectivity index (χ3n) is 5.31. The molecule has 2 aliphatic heterocycles. The predicted molar refractivity (Wildman–Crippen MR) is 88.1 cm³/mol. The van der Waals surface area contributed by atoms with Gasteiger partial charge in [-0.1, -0.05) is 12.1 Å². The van der Waals surface area contributed by atoms with Crippen LogP contribution < -0.4 is 0 Å². The van der Waals surface area contributed by atoms with Crippen LogP contribution in [0.15, 0.2) is 24.3 Å². The van der Waals surface area contributed by atoms with E-state index in [9.17, 15) is 0 Å². The zero-order chi connectivity index (χ0) is 14.9. The molecule has 0 spiro atoms. The fourth-order valence-electron chi connectivity index (χ4n) is 4.00. The Morgan fingerprint density at radius 2 is 2.00 bits per heavy atom. The first-order chi connectivity index (χ1) is 10.8. The molecule has 4 rings (SSSR count). The van der Waals surface area contributed by atoms with Gasteiger partial charge in [-0.15, -0.1) is 0 Å². The van der Waals surface area contributed by atoms with Gasteiger partial charge in [0.05, 0.1) is 17.6 Å². The molecule has 0 radical (unpaired) electrons. The maximum absolute atomic E-state index is 5.50. The Morgan fingerprint density at radius 3 is 2.73 bits per heavy atom. The number of nitrogens with zero attached hydrogens (tertiary/aromatic N) is 3. The zero-order valence-corrected chi connectivity index (χ0v) is 13.4. The molecule has 3 heterocycles. The van der Waals surface area contributed by atoms with Gasteiger partial charge < -0.3 is 14.2 Å². The van der Waals surface area contributed by atoms with Crippen molar-refractivity contribution < 1.29 is 4.74 Å². The Labute approximate surface area is 132 Å². The minimum Gasteiger partial charge on any atom is -0.381 e. The molecule has 0 unspecified atom stereocenters. The Morgan fingerprint density at radius 1 is 1.18 bits per heavy atom. The molecule has 0 amide bonds. The van der Waals surface area contributed by atoms with Crippen LogP contribution >= 0.6 is 0 Å². The fourth-order valence-corrected chi connectivity index (χ4v) is 4.00. The number of aryl methyl sites for hydroxylation is 1. The minimum absolute atomic E-state index is 0.605. The van der Waals surface area contributed by atoms with Gasteiger partial charge in [0.15, 0.2) is 0 Å². The number of aromatic nitrogens is 2. The summed E-state index contributed by atoms with van der Waals surface area (Å²) in [7, 11) is 2.16. The second-order valence-corrected chi connectivity index (χ2v) is 6.82. The number of likely N-dealkylation sites (tertiary alicyclic amines) is 1. The number of hydrogen-bond donors (Lipinski definition) is 0. The van der Waals surface area contributed by atoms with Gasteiger partial charge in [0.2, 0.25) is 0 Å². The molecule has 2 saturated heterocycles. The van der Waals surface area contributed by atoms with Gasteiger partial charge in [-0.25, -0.2) is 4.98 Å². The average Bonchev–Trinajstić information content (AvgIpc) is 3.17. The number of rotatable bonds is 3. The summed E-state index contributed by atoms with van der Waals surface area (Å²) in [6.45, 7) is 5.54. The molecule has 118 valence electrons. The van der Waals surface area contributed by atoms with E-state index in [0.29, 0.717) is 5.92 Å². The Kier molecular flexibility index (Phi) is 3.89. The fraction of sp³-hybridized carbons (Fsp3) is 0.611. The number of para-hydroxylation sites is 2. The summed E-state index contributed by atoms with van der Waals surface area (Å²) in [5.41, 5.74) is 2.38. The van der Waals surface area contributed by atoms with E-state index in [1.54, 1.807) is 0 Å². The molecule has 4 heteroatoms. The Balaban J connectivity index is 1.43. The first-order valence-corrected chi connectivity index (χ1v) is 8.52. The van der Waals surface area contributed by atoms with Crippen LogP contribution in [0.1, 0.15) is 31.0 Å². The summed E-state index contributed by atoms with van der Waals surface area (Å²) in [5.74, 6) is 2.63. The largest absolute Gasteiger partial charge is 0.381 e. The first-order valence-electron chi connectivity index (χ1n) is 8.52. The van der Waals surface area contributed by atoms with Gasteiger partial charge in [-0.3, -0.25) is 0 Å². The van der Waals surface area contributed by atoms with Crippen molar-refractivity contribution in [2.24, 2.45) is 13.0 Å². The highest BCUT2D eigenvalue weighted by atomic mass is 16.5. The second-order valence-electron chi connectivity index (χ2n) is 6.82. The molecule has 2 aliphatic rings. The SMILES string of the molecule is Cn1c(C2CCN(C[C@@H]3CCOC3)CC2)nc2ccccc21. The summed E-state index contributed by atoms with van der Waals surface area (Å²) >= 11 is 0. The van der Waals surface area contributed by atoms with Gasteiger partial charge in [0, 0.05) is 26.1 Å². The van der Waals surface area contributed by atoms with Crippen molar-refractivity contribution in [3.05, 3.63) is 30.1 Å². The summed E-state index contributed by atoms with van der Waals surface area (Å²) in [6, 6.07) is 8.46. The van der Waals surface area contributed by atoms with Gasteiger partial charge in [-0.2, -0.15) is 0 Å². The number of hydrogen-bond acceptors (Lipinski definition) is 3. The lowest BCUT2D eigenvalue weighted by atomic mass is 9.95. The summed E-state index contributed by atoms with van der Waals surface area (Å²) < 4.78 is 7.79. The van der Waals surface area contributed by atoms with Crippen LogP contribution in [0.4, 0.5) is 0 Å². The van der Waals surface area contributed by atoms with Gasteiger partial charge >= 0.3 is 0 Å². The van der Waals surface area contributed by atoms with Crippen molar-refractivity contribution in [1.82, 2.24) is 14.5 Å². The predicted octanol–water partition coefficient (Wildman–Crippen LogP) is 2.79. The van der Waals surface area contributed by atoms with Crippen LogP contribution in [0.2, 0.25) is 0 Å². The van der Waals surface area contributed by atoms with Crippen LogP contribution in [-0.4, -0.2) is 47.3 Å². The van der Waals surface area contributed by atoms with E-state index in [-0.39, 0.29) is 0 Å². The molecule has 1 atom stereocenters. The van der Waals surface area contributed by atoms with Crippen LogP contribution in [0, 0.1) is 5.92 Å². The first kappa shape index (κ1) is 14.2. The normalized spacial score (nSPS) is 24.3. The third kappa shape index (κ3) is 2.66. The molecule has 0 bridgehead atoms. The highest BCUT2D eigenvalue weighted by Gasteiger charge is 2.26. The van der Waals surface area contributed by atoms with Crippen molar-refractivity contribution in [3.63, 3.8) is 0 Å². The van der Waals surface area contributed by atoms with Crippen LogP contribution in [0.25, 0.3) is 11.0 Å². The molecule has 22 heavy (non-hydrogen) atoms. The number of ether oxygens (including phenoxy) is 1. The summed E-state index contributed by atoms with van der Waals surface area (Å²) in [6.07, 6.45) is 3.69. The van der Waals surface area contributed by atoms with E-state index >= 15 is 0 Å². The lowest BCUT2D eigenvalue weighted by Gasteiger charge is -2.33. The standard InChI is InChI=1S/C18H25N3O/c1-20-17-5-3-2-4-16(17)19-18(20)15-6-9-21(10-7-15)12-14-8-11-22-13-14/h2-5,14-15H,6-13H2,1H3/t14-/m0/s1. The van der Waals surface area contributed by atoms with E-state index in [1.165, 1.54) is 50.2 Å². The highest BCUT2D eigenvalue weighted by molar-refractivity contribution is 5.75. The van der Waals surface area contributed by atoms with E-state index in [2.05, 4.69) is 40.8 Å². The lowest BCUT2D eigenvalue weighted by Crippen LogP contribution is -2.37. The molecule has 0 aliphatic carbocycles. The molecular weight excluding hydrogens is 274 g/mol. The minimum atomic E-state index is 0.605. The molecule has 2 aromatic rings. The topological polar surface area (TPSA) is 30.3 Å². The Bertz CT molecular complexity index is 637. The number of fused-ring (bicyclic) bond motifs is 1. The monoisotopic (exact) mass is 299 g/mol. The van der Waals surface area contributed by atoms with Gasteiger partial charge in [0.1, 0.15) is 5.82 Å². The van der Waals surface area contributed by atoms with Crippen molar-refractivity contribution in [1.29, 1.82) is 0 Å².